The van der Waals surface area contributed by atoms with E-state index >= 15 is 0 Å². The van der Waals surface area contributed by atoms with Crippen molar-refractivity contribution in [2.75, 3.05) is 41.4 Å². The lowest BCUT2D eigenvalue weighted by Gasteiger charge is -2.37. The second-order valence-corrected chi connectivity index (χ2v) is 9.71. The number of thioether (sulfide) groups is 2. The number of pyridine rings is 1. The standard InChI is InChI=1S/C22H27N3O2S2/c26-22(17-5-4-10-25(14-17)18-15-28-11-12-29-16-18)24-20-7-1-2-8-21(20)27-19-6-3-9-23-13-19/h1-3,6-9,13,17-18H,4-5,10-12,14-16H2,(H,24,26). The predicted molar refractivity (Wildman–Crippen MR) is 122 cm³/mol. The van der Waals surface area contributed by atoms with E-state index in [0.717, 1.165) is 25.9 Å². The van der Waals surface area contributed by atoms with Crippen molar-refractivity contribution < 1.29 is 9.53 Å². The molecule has 1 unspecified atom stereocenters. The van der Waals surface area contributed by atoms with Crippen LogP contribution in [0.25, 0.3) is 0 Å². The number of carbonyl (C=O) groups is 1. The molecule has 1 amide bonds. The van der Waals surface area contributed by atoms with Gasteiger partial charge >= 0.3 is 0 Å². The molecule has 2 aliphatic rings. The fourth-order valence-corrected chi connectivity index (χ4v) is 6.42. The molecule has 0 bridgehead atoms. The molecule has 2 fully saturated rings. The first kappa shape index (κ1) is 20.6. The van der Waals surface area contributed by atoms with Gasteiger partial charge in [0.05, 0.1) is 17.8 Å². The molecule has 2 aromatic rings. The van der Waals surface area contributed by atoms with Crippen molar-refractivity contribution in [3.63, 3.8) is 0 Å². The van der Waals surface area contributed by atoms with Gasteiger partial charge in [0, 0.05) is 41.8 Å². The van der Waals surface area contributed by atoms with Crippen LogP contribution in [0.3, 0.4) is 0 Å². The van der Waals surface area contributed by atoms with Gasteiger partial charge in [-0.15, -0.1) is 0 Å². The minimum absolute atomic E-state index is 0.0217. The van der Waals surface area contributed by atoms with Crippen LogP contribution in [0.5, 0.6) is 11.5 Å². The Kier molecular flexibility index (Phi) is 7.35. The number of benzene rings is 1. The number of rotatable bonds is 5. The number of ether oxygens (including phenoxy) is 1. The number of nitrogens with one attached hydrogen (secondary N) is 1. The van der Waals surface area contributed by atoms with Crippen LogP contribution in [0, 0.1) is 5.92 Å². The van der Waals surface area contributed by atoms with E-state index in [2.05, 4.69) is 15.2 Å². The Labute approximate surface area is 181 Å². The Morgan fingerprint density at radius 2 is 1.97 bits per heavy atom. The van der Waals surface area contributed by atoms with Gasteiger partial charge < -0.3 is 10.1 Å². The maximum absolute atomic E-state index is 13.1. The normalized spacial score (nSPS) is 21.3. The summed E-state index contributed by atoms with van der Waals surface area (Å²) >= 11 is 4.10. The van der Waals surface area contributed by atoms with Crippen molar-refractivity contribution in [3.8, 4) is 11.5 Å². The van der Waals surface area contributed by atoms with Gasteiger partial charge in [-0.1, -0.05) is 12.1 Å². The third kappa shape index (κ3) is 5.68. The van der Waals surface area contributed by atoms with E-state index in [1.165, 1.54) is 23.0 Å². The minimum atomic E-state index is 0.0217. The zero-order valence-corrected chi connectivity index (χ0v) is 18.1. The second-order valence-electron chi connectivity index (χ2n) is 7.41. The zero-order chi connectivity index (χ0) is 19.9. The van der Waals surface area contributed by atoms with Gasteiger partial charge in [0.1, 0.15) is 5.75 Å². The molecule has 154 valence electrons. The number of piperidine rings is 1. The van der Waals surface area contributed by atoms with Gasteiger partial charge in [0.15, 0.2) is 5.75 Å². The Hall–Kier alpha value is -1.70. The van der Waals surface area contributed by atoms with E-state index in [1.54, 1.807) is 12.4 Å². The van der Waals surface area contributed by atoms with Crippen LogP contribution >= 0.6 is 23.5 Å². The van der Waals surface area contributed by atoms with Crippen molar-refractivity contribution in [2.45, 2.75) is 18.9 Å². The minimum Gasteiger partial charge on any atom is -0.454 e. The van der Waals surface area contributed by atoms with Crippen LogP contribution in [0.2, 0.25) is 0 Å². The average molecular weight is 430 g/mol. The first-order valence-corrected chi connectivity index (χ1v) is 12.5. The van der Waals surface area contributed by atoms with E-state index in [0.29, 0.717) is 23.2 Å². The van der Waals surface area contributed by atoms with Crippen LogP contribution in [-0.2, 0) is 4.79 Å². The number of amides is 1. The molecule has 29 heavy (non-hydrogen) atoms. The zero-order valence-electron chi connectivity index (χ0n) is 16.5. The lowest BCUT2D eigenvalue weighted by Crippen LogP contribution is -2.47. The molecule has 0 radical (unpaired) electrons. The average Bonchev–Trinajstić information content (AvgIpc) is 3.06. The Balaban J connectivity index is 1.40. The van der Waals surface area contributed by atoms with E-state index in [1.807, 2.05) is 59.9 Å². The van der Waals surface area contributed by atoms with Gasteiger partial charge in [-0.3, -0.25) is 14.7 Å². The van der Waals surface area contributed by atoms with Crippen LogP contribution in [0.1, 0.15) is 12.8 Å². The van der Waals surface area contributed by atoms with Gasteiger partial charge in [0.25, 0.3) is 0 Å². The second kappa shape index (κ2) is 10.4. The molecule has 2 saturated heterocycles. The van der Waals surface area contributed by atoms with Gasteiger partial charge in [-0.2, -0.15) is 23.5 Å². The summed E-state index contributed by atoms with van der Waals surface area (Å²) < 4.78 is 5.93. The summed E-state index contributed by atoms with van der Waals surface area (Å²) in [4.78, 5) is 19.7. The highest BCUT2D eigenvalue weighted by Gasteiger charge is 2.30. The van der Waals surface area contributed by atoms with Crippen molar-refractivity contribution in [3.05, 3.63) is 48.8 Å². The van der Waals surface area contributed by atoms with E-state index in [9.17, 15) is 4.79 Å². The van der Waals surface area contributed by atoms with E-state index in [4.69, 9.17) is 4.74 Å². The third-order valence-corrected chi connectivity index (χ3v) is 7.82. The summed E-state index contributed by atoms with van der Waals surface area (Å²) in [7, 11) is 0. The molecule has 0 aliphatic carbocycles. The lowest BCUT2D eigenvalue weighted by atomic mass is 9.96. The number of para-hydroxylation sites is 2. The molecule has 1 aromatic heterocycles. The molecule has 1 N–H and O–H groups in total. The van der Waals surface area contributed by atoms with Gasteiger partial charge in [0.2, 0.25) is 5.91 Å². The quantitative estimate of drug-likeness (QED) is 0.762. The van der Waals surface area contributed by atoms with Crippen LogP contribution in [-0.4, -0.2) is 57.9 Å². The molecule has 0 saturated carbocycles. The number of likely N-dealkylation sites (tertiary alicyclic amines) is 1. The van der Waals surface area contributed by atoms with Crippen molar-refractivity contribution in [1.82, 2.24) is 9.88 Å². The number of carbonyl (C=O) groups excluding carboxylic acids is 1. The monoisotopic (exact) mass is 429 g/mol. The predicted octanol–water partition coefficient (Wildman–Crippen LogP) is 4.37. The van der Waals surface area contributed by atoms with Crippen LogP contribution < -0.4 is 10.1 Å². The van der Waals surface area contributed by atoms with Crippen LogP contribution in [0.15, 0.2) is 48.8 Å². The molecule has 2 aliphatic heterocycles. The summed E-state index contributed by atoms with van der Waals surface area (Å²) in [6, 6.07) is 11.9. The van der Waals surface area contributed by atoms with Crippen molar-refractivity contribution in [1.29, 1.82) is 0 Å². The molecule has 7 heteroatoms. The first-order chi connectivity index (χ1) is 14.3. The highest BCUT2D eigenvalue weighted by atomic mass is 32.2. The van der Waals surface area contributed by atoms with E-state index in [-0.39, 0.29) is 11.8 Å². The molecular weight excluding hydrogens is 402 g/mol. The molecule has 3 heterocycles. The van der Waals surface area contributed by atoms with E-state index < -0.39 is 0 Å². The topological polar surface area (TPSA) is 54.5 Å². The smallest absolute Gasteiger partial charge is 0.228 e. The highest BCUT2D eigenvalue weighted by Crippen LogP contribution is 2.30. The third-order valence-electron chi connectivity index (χ3n) is 5.34. The molecule has 5 nitrogen and oxygen atoms in total. The number of hydrogen-bond acceptors (Lipinski definition) is 6. The molecule has 4 rings (SSSR count). The molecule has 1 aromatic carbocycles. The maximum atomic E-state index is 13.1. The molecule has 0 spiro atoms. The summed E-state index contributed by atoms with van der Waals surface area (Å²) in [5.74, 6) is 6.25. The SMILES string of the molecule is O=C(Nc1ccccc1Oc1cccnc1)C1CCCN(C2CSCCSC2)C1. The molecule has 1 atom stereocenters. The Morgan fingerprint density at radius 1 is 1.14 bits per heavy atom. The number of anilines is 1. The lowest BCUT2D eigenvalue weighted by molar-refractivity contribution is -0.121. The summed E-state index contributed by atoms with van der Waals surface area (Å²) in [6.07, 6.45) is 5.40. The fraction of sp³-hybridized carbons (Fsp3) is 0.455. The van der Waals surface area contributed by atoms with Gasteiger partial charge in [-0.05, 0) is 43.7 Å². The number of nitrogens with zero attached hydrogens (tertiary/aromatic N) is 2. The maximum Gasteiger partial charge on any atom is 0.228 e. The Morgan fingerprint density at radius 3 is 2.76 bits per heavy atom. The summed E-state index contributed by atoms with van der Waals surface area (Å²) in [5, 5.41) is 3.11. The fourth-order valence-electron chi connectivity index (χ4n) is 3.80. The number of aromatic nitrogens is 1. The van der Waals surface area contributed by atoms with Crippen molar-refractivity contribution in [2.24, 2.45) is 5.92 Å². The number of hydrogen-bond donors (Lipinski definition) is 1. The largest absolute Gasteiger partial charge is 0.454 e. The molecular formula is C22H27N3O2S2. The Bertz CT molecular complexity index is 798. The summed E-state index contributed by atoms with van der Waals surface area (Å²) in [6.45, 7) is 1.96. The van der Waals surface area contributed by atoms with Gasteiger partial charge in [-0.25, -0.2) is 0 Å². The first-order valence-electron chi connectivity index (χ1n) is 10.2. The van der Waals surface area contributed by atoms with Crippen LogP contribution in [0.4, 0.5) is 5.69 Å². The highest BCUT2D eigenvalue weighted by molar-refractivity contribution is 8.03. The summed E-state index contributed by atoms with van der Waals surface area (Å²) in [5.41, 5.74) is 0.707. The van der Waals surface area contributed by atoms with Crippen molar-refractivity contribution >= 4 is 35.1 Å².